The molecule has 1 heterocycles. The van der Waals surface area contributed by atoms with Crippen LogP contribution in [0.5, 0.6) is 5.75 Å². The van der Waals surface area contributed by atoms with Crippen LogP contribution >= 0.6 is 0 Å². The van der Waals surface area contributed by atoms with Crippen LogP contribution in [0, 0.1) is 5.92 Å². The molecule has 0 aliphatic heterocycles. The standard InChI is InChI=1S/C20H25N3O2/c1-23(2)10-11-25-19-14-21-9-8-16(19)13-22-20(24)18-12-17(18)15-6-4-3-5-7-15/h3-9,14,17-18H,10-13H2,1-2H3,(H,22,24)/t17-,18+/m1/s1. The van der Waals surface area contributed by atoms with Gasteiger partial charge in [0.2, 0.25) is 5.91 Å². The number of carbonyl (C=O) groups excluding carboxylic acids is 1. The molecule has 1 N–H and O–H groups in total. The smallest absolute Gasteiger partial charge is 0.224 e. The van der Waals surface area contributed by atoms with Crippen molar-refractivity contribution >= 4 is 5.91 Å². The van der Waals surface area contributed by atoms with Crippen molar-refractivity contribution in [2.45, 2.75) is 18.9 Å². The van der Waals surface area contributed by atoms with Gasteiger partial charge in [-0.2, -0.15) is 0 Å². The summed E-state index contributed by atoms with van der Waals surface area (Å²) in [6.07, 6.45) is 4.36. The minimum atomic E-state index is 0.0855. The Labute approximate surface area is 149 Å². The number of nitrogens with one attached hydrogen (secondary N) is 1. The molecule has 0 spiro atoms. The van der Waals surface area contributed by atoms with Crippen molar-refractivity contribution in [3.8, 4) is 5.75 Å². The lowest BCUT2D eigenvalue weighted by Gasteiger charge is -2.14. The molecule has 1 saturated carbocycles. The van der Waals surface area contributed by atoms with Crippen LogP contribution in [0.1, 0.15) is 23.5 Å². The number of ether oxygens (including phenoxy) is 1. The number of benzene rings is 1. The summed E-state index contributed by atoms with van der Waals surface area (Å²) in [6, 6.07) is 12.1. The first-order valence-corrected chi connectivity index (χ1v) is 8.68. The first kappa shape index (κ1) is 17.4. The quantitative estimate of drug-likeness (QED) is 0.803. The fourth-order valence-corrected chi connectivity index (χ4v) is 2.89. The van der Waals surface area contributed by atoms with Crippen LogP contribution in [0.4, 0.5) is 0 Å². The molecule has 1 aliphatic carbocycles. The Kier molecular flexibility index (Phi) is 5.66. The Balaban J connectivity index is 1.51. The van der Waals surface area contributed by atoms with Gasteiger partial charge in [0, 0.05) is 30.8 Å². The molecule has 5 nitrogen and oxygen atoms in total. The number of rotatable bonds is 8. The maximum atomic E-state index is 12.4. The van der Waals surface area contributed by atoms with E-state index in [2.05, 4.69) is 27.3 Å². The van der Waals surface area contributed by atoms with E-state index in [1.165, 1.54) is 5.56 Å². The van der Waals surface area contributed by atoms with Gasteiger partial charge in [-0.15, -0.1) is 0 Å². The molecule has 0 bridgehead atoms. The molecule has 1 aromatic heterocycles. The summed E-state index contributed by atoms with van der Waals surface area (Å²) in [5, 5.41) is 3.04. The van der Waals surface area contributed by atoms with E-state index in [0.717, 1.165) is 24.3 Å². The topological polar surface area (TPSA) is 54.5 Å². The van der Waals surface area contributed by atoms with Crippen molar-refractivity contribution < 1.29 is 9.53 Å². The number of carbonyl (C=O) groups is 1. The third-order valence-corrected chi connectivity index (χ3v) is 4.47. The molecule has 25 heavy (non-hydrogen) atoms. The molecule has 0 unspecified atom stereocenters. The van der Waals surface area contributed by atoms with Crippen molar-refractivity contribution in [3.05, 3.63) is 59.9 Å². The van der Waals surface area contributed by atoms with E-state index in [1.807, 2.05) is 38.4 Å². The molecular weight excluding hydrogens is 314 g/mol. The summed E-state index contributed by atoms with van der Waals surface area (Å²) < 4.78 is 5.79. The second-order valence-electron chi connectivity index (χ2n) is 6.71. The van der Waals surface area contributed by atoms with Gasteiger partial charge in [-0.25, -0.2) is 0 Å². The van der Waals surface area contributed by atoms with Crippen LogP contribution < -0.4 is 10.1 Å². The highest BCUT2D eigenvalue weighted by Gasteiger charge is 2.43. The van der Waals surface area contributed by atoms with Crippen LogP contribution in [-0.2, 0) is 11.3 Å². The molecule has 5 heteroatoms. The minimum Gasteiger partial charge on any atom is -0.490 e. The summed E-state index contributed by atoms with van der Waals surface area (Å²) in [7, 11) is 4.01. The molecule has 1 amide bonds. The lowest BCUT2D eigenvalue weighted by atomic mass is 10.1. The van der Waals surface area contributed by atoms with E-state index in [9.17, 15) is 4.79 Å². The number of nitrogens with zero attached hydrogens (tertiary/aromatic N) is 2. The van der Waals surface area contributed by atoms with Gasteiger partial charge in [-0.3, -0.25) is 9.78 Å². The van der Waals surface area contributed by atoms with Gasteiger partial charge in [-0.1, -0.05) is 30.3 Å². The monoisotopic (exact) mass is 339 g/mol. The average Bonchev–Trinajstić information content (AvgIpc) is 3.42. The first-order chi connectivity index (χ1) is 12.1. The molecular formula is C20H25N3O2. The van der Waals surface area contributed by atoms with Gasteiger partial charge < -0.3 is 15.0 Å². The van der Waals surface area contributed by atoms with Crippen LogP contribution in [0.25, 0.3) is 0 Å². The van der Waals surface area contributed by atoms with Crippen molar-refractivity contribution in [2.24, 2.45) is 5.92 Å². The summed E-state index contributed by atoms with van der Waals surface area (Å²) >= 11 is 0. The minimum absolute atomic E-state index is 0.0855. The molecule has 0 radical (unpaired) electrons. The van der Waals surface area contributed by atoms with E-state index in [4.69, 9.17) is 4.74 Å². The van der Waals surface area contributed by atoms with Crippen LogP contribution in [-0.4, -0.2) is 43.0 Å². The lowest BCUT2D eigenvalue weighted by Crippen LogP contribution is -2.25. The van der Waals surface area contributed by atoms with Gasteiger partial charge in [0.15, 0.2) is 0 Å². The number of pyridine rings is 1. The molecule has 3 rings (SSSR count). The van der Waals surface area contributed by atoms with Crippen molar-refractivity contribution in [3.63, 3.8) is 0 Å². The fraction of sp³-hybridized carbons (Fsp3) is 0.400. The normalized spacial score (nSPS) is 18.8. The largest absolute Gasteiger partial charge is 0.490 e. The Morgan fingerprint density at radius 1 is 1.28 bits per heavy atom. The third-order valence-electron chi connectivity index (χ3n) is 4.47. The van der Waals surface area contributed by atoms with E-state index < -0.39 is 0 Å². The average molecular weight is 339 g/mol. The first-order valence-electron chi connectivity index (χ1n) is 8.68. The van der Waals surface area contributed by atoms with Crippen LogP contribution in [0.15, 0.2) is 48.8 Å². The second kappa shape index (κ2) is 8.12. The van der Waals surface area contributed by atoms with E-state index in [-0.39, 0.29) is 11.8 Å². The Hall–Kier alpha value is -2.40. The molecule has 1 aliphatic rings. The van der Waals surface area contributed by atoms with Crippen LogP contribution in [0.2, 0.25) is 0 Å². The number of hydrogen-bond donors (Lipinski definition) is 1. The maximum Gasteiger partial charge on any atom is 0.224 e. The number of likely N-dealkylation sites (N-methyl/N-ethyl adjacent to an activating group) is 1. The number of aromatic nitrogens is 1. The zero-order chi connectivity index (χ0) is 17.6. The lowest BCUT2D eigenvalue weighted by molar-refractivity contribution is -0.122. The summed E-state index contributed by atoms with van der Waals surface area (Å²) in [5.74, 6) is 1.29. The second-order valence-corrected chi connectivity index (χ2v) is 6.71. The van der Waals surface area contributed by atoms with Gasteiger partial charge in [0.05, 0.1) is 6.20 Å². The van der Waals surface area contributed by atoms with Crippen molar-refractivity contribution in [1.82, 2.24) is 15.2 Å². The summed E-state index contributed by atoms with van der Waals surface area (Å²) in [4.78, 5) is 18.6. The molecule has 1 fully saturated rings. The molecule has 0 saturated heterocycles. The highest BCUT2D eigenvalue weighted by Crippen LogP contribution is 2.47. The molecule has 2 atom stereocenters. The number of amides is 1. The zero-order valence-corrected chi connectivity index (χ0v) is 14.8. The van der Waals surface area contributed by atoms with Gasteiger partial charge in [0.1, 0.15) is 12.4 Å². The molecule has 2 aromatic rings. The Morgan fingerprint density at radius 3 is 2.84 bits per heavy atom. The predicted molar refractivity (Wildman–Crippen MR) is 97.4 cm³/mol. The SMILES string of the molecule is CN(C)CCOc1cnccc1CNC(=O)[C@H]1C[C@@H]1c1ccccc1. The fourth-order valence-electron chi connectivity index (χ4n) is 2.89. The number of hydrogen-bond acceptors (Lipinski definition) is 4. The van der Waals surface area contributed by atoms with E-state index in [1.54, 1.807) is 12.4 Å². The third kappa shape index (κ3) is 4.79. The predicted octanol–water partition coefficient (Wildman–Crippen LogP) is 2.44. The van der Waals surface area contributed by atoms with E-state index in [0.29, 0.717) is 19.1 Å². The Morgan fingerprint density at radius 2 is 2.08 bits per heavy atom. The summed E-state index contributed by atoms with van der Waals surface area (Å²) in [5.41, 5.74) is 2.21. The van der Waals surface area contributed by atoms with Gasteiger partial charge in [-0.05, 0) is 38.1 Å². The van der Waals surface area contributed by atoms with Crippen molar-refractivity contribution in [2.75, 3.05) is 27.2 Å². The highest BCUT2D eigenvalue weighted by molar-refractivity contribution is 5.82. The summed E-state index contributed by atoms with van der Waals surface area (Å²) in [6.45, 7) is 1.90. The van der Waals surface area contributed by atoms with E-state index >= 15 is 0 Å². The highest BCUT2D eigenvalue weighted by atomic mass is 16.5. The van der Waals surface area contributed by atoms with Gasteiger partial charge in [0.25, 0.3) is 0 Å². The zero-order valence-electron chi connectivity index (χ0n) is 14.8. The van der Waals surface area contributed by atoms with Crippen LogP contribution in [0.3, 0.4) is 0 Å². The van der Waals surface area contributed by atoms with Gasteiger partial charge >= 0.3 is 0 Å². The van der Waals surface area contributed by atoms with Crippen molar-refractivity contribution in [1.29, 1.82) is 0 Å². The molecule has 132 valence electrons. The maximum absolute atomic E-state index is 12.4. The Bertz CT molecular complexity index is 703. The molecule has 1 aromatic carbocycles.